The fraction of sp³-hybridized carbons (Fsp3) is 0.375. The number of benzene rings is 1. The summed E-state index contributed by atoms with van der Waals surface area (Å²) in [6, 6.07) is 9.64. The molecule has 0 saturated carbocycles. The molecule has 1 fully saturated rings. The Morgan fingerprint density at radius 3 is 2.53 bits per heavy atom. The molecule has 2 N–H and O–H groups in total. The summed E-state index contributed by atoms with van der Waals surface area (Å²) in [6.07, 6.45) is 4.63. The van der Waals surface area contributed by atoms with Gasteiger partial charge in [-0.1, -0.05) is 30.3 Å². The van der Waals surface area contributed by atoms with E-state index < -0.39 is 5.41 Å². The van der Waals surface area contributed by atoms with Crippen molar-refractivity contribution in [2.75, 3.05) is 13.1 Å². The summed E-state index contributed by atoms with van der Waals surface area (Å²) < 4.78 is 0. The third kappa shape index (κ3) is 4.39. The molecule has 32 heavy (non-hydrogen) atoms. The molecule has 0 spiro atoms. The number of aryl methyl sites for hydroxylation is 2. The predicted octanol–water partition coefficient (Wildman–Crippen LogP) is 3.04. The topological polar surface area (TPSA) is 104 Å². The number of carbonyl (C=O) groups excluding carboxylic acids is 2. The van der Waals surface area contributed by atoms with Crippen LogP contribution in [0.4, 0.5) is 0 Å². The molecule has 0 aliphatic carbocycles. The average Bonchev–Trinajstić information content (AvgIpc) is 3.14. The van der Waals surface area contributed by atoms with Crippen LogP contribution in [-0.2, 0) is 11.3 Å². The first-order chi connectivity index (χ1) is 15.4. The molecule has 1 saturated heterocycles. The lowest BCUT2D eigenvalue weighted by Crippen LogP contribution is -2.51. The molecule has 166 valence electrons. The lowest BCUT2D eigenvalue weighted by Gasteiger charge is -2.39. The molecule has 2 aromatic heterocycles. The summed E-state index contributed by atoms with van der Waals surface area (Å²) in [5, 5.41) is 10.2. The normalized spacial score (nSPS) is 18.4. The van der Waals surface area contributed by atoms with Gasteiger partial charge in [-0.3, -0.25) is 14.7 Å². The van der Waals surface area contributed by atoms with Crippen LogP contribution in [0.25, 0.3) is 11.4 Å². The number of aromatic amines is 1. The van der Waals surface area contributed by atoms with Crippen LogP contribution in [0.3, 0.4) is 0 Å². The van der Waals surface area contributed by atoms with Gasteiger partial charge >= 0.3 is 0 Å². The smallest absolute Gasteiger partial charge is 0.257 e. The Morgan fingerprint density at radius 2 is 1.88 bits per heavy atom. The molecule has 1 atom stereocenters. The minimum absolute atomic E-state index is 0.0503. The molecule has 8 nitrogen and oxygen atoms in total. The van der Waals surface area contributed by atoms with Gasteiger partial charge in [-0.2, -0.15) is 5.10 Å². The Kier molecular flexibility index (Phi) is 6.03. The van der Waals surface area contributed by atoms with E-state index in [1.807, 2.05) is 51.1 Å². The Hall–Kier alpha value is -3.55. The number of rotatable bonds is 5. The highest BCUT2D eigenvalue weighted by Gasteiger charge is 2.39. The van der Waals surface area contributed by atoms with Gasteiger partial charge < -0.3 is 10.2 Å². The van der Waals surface area contributed by atoms with Crippen LogP contribution >= 0.6 is 0 Å². The number of aromatic nitrogens is 4. The van der Waals surface area contributed by atoms with Crippen LogP contribution in [-0.4, -0.2) is 50.0 Å². The Morgan fingerprint density at radius 1 is 1.16 bits per heavy atom. The van der Waals surface area contributed by atoms with Gasteiger partial charge in [0.05, 0.1) is 16.7 Å². The number of piperidine rings is 1. The third-order valence-electron chi connectivity index (χ3n) is 6.17. The monoisotopic (exact) mass is 432 g/mol. The number of hydrogen-bond acceptors (Lipinski definition) is 5. The summed E-state index contributed by atoms with van der Waals surface area (Å²) in [6.45, 7) is 7.18. The van der Waals surface area contributed by atoms with Crippen molar-refractivity contribution in [3.63, 3.8) is 0 Å². The van der Waals surface area contributed by atoms with E-state index in [0.29, 0.717) is 31.0 Å². The highest BCUT2D eigenvalue weighted by Crippen LogP contribution is 2.31. The van der Waals surface area contributed by atoms with E-state index in [1.165, 1.54) is 0 Å². The lowest BCUT2D eigenvalue weighted by atomic mass is 9.80. The summed E-state index contributed by atoms with van der Waals surface area (Å²) in [5.74, 6) is 0.380. The van der Waals surface area contributed by atoms with E-state index in [4.69, 9.17) is 0 Å². The quantitative estimate of drug-likeness (QED) is 0.645. The van der Waals surface area contributed by atoms with Crippen molar-refractivity contribution in [1.82, 2.24) is 30.4 Å². The number of amides is 2. The SMILES string of the molecule is Cc1n[nH]c(C)c1CNC(=O)C1(C)CCCN(C(=O)c2cnc(-c3ccccc3)nc2)C1. The van der Waals surface area contributed by atoms with Crippen LogP contribution in [0.5, 0.6) is 0 Å². The standard InChI is InChI=1S/C24H28N6O2/c1-16-20(17(2)29-28-16)14-27-23(32)24(3)10-7-11-30(15-24)22(31)19-12-25-21(26-13-19)18-8-5-4-6-9-18/h4-6,8-9,12-13H,7,10-11,14-15H2,1-3H3,(H,27,32)(H,28,29). The van der Waals surface area contributed by atoms with Gasteiger partial charge in [0.1, 0.15) is 0 Å². The number of nitrogens with one attached hydrogen (secondary N) is 2. The van der Waals surface area contributed by atoms with Crippen LogP contribution in [0, 0.1) is 19.3 Å². The summed E-state index contributed by atoms with van der Waals surface area (Å²) in [5.41, 5.74) is 3.52. The second-order valence-electron chi connectivity index (χ2n) is 8.65. The van der Waals surface area contributed by atoms with Crippen LogP contribution in [0.15, 0.2) is 42.7 Å². The summed E-state index contributed by atoms with van der Waals surface area (Å²) in [7, 11) is 0. The minimum Gasteiger partial charge on any atom is -0.351 e. The fourth-order valence-electron chi connectivity index (χ4n) is 4.17. The van der Waals surface area contributed by atoms with E-state index in [9.17, 15) is 9.59 Å². The van der Waals surface area contributed by atoms with E-state index in [0.717, 1.165) is 35.4 Å². The number of likely N-dealkylation sites (tertiary alicyclic amines) is 1. The van der Waals surface area contributed by atoms with Crippen LogP contribution < -0.4 is 5.32 Å². The first-order valence-corrected chi connectivity index (χ1v) is 10.8. The Bertz CT molecular complexity index is 1090. The number of carbonyl (C=O) groups is 2. The summed E-state index contributed by atoms with van der Waals surface area (Å²) >= 11 is 0. The molecule has 0 bridgehead atoms. The van der Waals surface area contributed by atoms with Gasteiger partial charge in [0, 0.05) is 48.8 Å². The van der Waals surface area contributed by atoms with Crippen molar-refractivity contribution in [2.45, 2.75) is 40.2 Å². The van der Waals surface area contributed by atoms with E-state index >= 15 is 0 Å². The number of H-pyrrole nitrogens is 1. The highest BCUT2D eigenvalue weighted by molar-refractivity contribution is 5.94. The molecule has 4 rings (SSSR count). The Balaban J connectivity index is 1.42. The molecule has 2 amide bonds. The average molecular weight is 433 g/mol. The highest BCUT2D eigenvalue weighted by atomic mass is 16.2. The van der Waals surface area contributed by atoms with Crippen LogP contribution in [0.2, 0.25) is 0 Å². The molecule has 1 aliphatic rings. The minimum atomic E-state index is -0.649. The molecule has 8 heteroatoms. The Labute approximate surface area is 187 Å². The number of nitrogens with zero attached hydrogens (tertiary/aromatic N) is 4. The fourth-order valence-corrected chi connectivity index (χ4v) is 4.17. The molecule has 0 radical (unpaired) electrons. The zero-order chi connectivity index (χ0) is 22.7. The maximum atomic E-state index is 13.1. The van der Waals surface area contributed by atoms with Crippen molar-refractivity contribution in [1.29, 1.82) is 0 Å². The van der Waals surface area contributed by atoms with Crippen molar-refractivity contribution in [3.8, 4) is 11.4 Å². The number of hydrogen-bond donors (Lipinski definition) is 2. The zero-order valence-electron chi connectivity index (χ0n) is 18.7. The van der Waals surface area contributed by atoms with Gasteiger partial charge in [-0.05, 0) is 33.6 Å². The second kappa shape index (κ2) is 8.90. The van der Waals surface area contributed by atoms with Crippen molar-refractivity contribution >= 4 is 11.8 Å². The molecular weight excluding hydrogens is 404 g/mol. The first-order valence-electron chi connectivity index (χ1n) is 10.8. The first kappa shape index (κ1) is 21.7. The van der Waals surface area contributed by atoms with Gasteiger partial charge in [0.25, 0.3) is 5.91 Å². The molecule has 1 aromatic carbocycles. The molecule has 3 aromatic rings. The van der Waals surface area contributed by atoms with Crippen LogP contribution in [0.1, 0.15) is 47.1 Å². The van der Waals surface area contributed by atoms with Gasteiger partial charge in [0.15, 0.2) is 5.82 Å². The summed E-state index contributed by atoms with van der Waals surface area (Å²) in [4.78, 5) is 36.6. The maximum Gasteiger partial charge on any atom is 0.257 e. The van der Waals surface area contributed by atoms with Gasteiger partial charge in [-0.25, -0.2) is 9.97 Å². The molecule has 1 unspecified atom stereocenters. The predicted molar refractivity (Wildman–Crippen MR) is 121 cm³/mol. The third-order valence-corrected chi connectivity index (χ3v) is 6.17. The maximum absolute atomic E-state index is 13.1. The van der Waals surface area contributed by atoms with E-state index in [-0.39, 0.29) is 11.8 Å². The molecule has 3 heterocycles. The molecular formula is C24H28N6O2. The van der Waals surface area contributed by atoms with E-state index in [2.05, 4.69) is 25.5 Å². The van der Waals surface area contributed by atoms with Crippen molar-refractivity contribution in [2.24, 2.45) is 5.41 Å². The second-order valence-corrected chi connectivity index (χ2v) is 8.65. The van der Waals surface area contributed by atoms with Gasteiger partial charge in [0.2, 0.25) is 5.91 Å². The van der Waals surface area contributed by atoms with Gasteiger partial charge in [-0.15, -0.1) is 0 Å². The van der Waals surface area contributed by atoms with Crippen molar-refractivity contribution in [3.05, 3.63) is 65.2 Å². The lowest BCUT2D eigenvalue weighted by molar-refractivity contribution is -0.132. The van der Waals surface area contributed by atoms with E-state index in [1.54, 1.807) is 17.3 Å². The van der Waals surface area contributed by atoms with Crippen molar-refractivity contribution < 1.29 is 9.59 Å². The molecule has 1 aliphatic heterocycles. The largest absolute Gasteiger partial charge is 0.351 e. The zero-order valence-corrected chi connectivity index (χ0v) is 18.7.